The van der Waals surface area contributed by atoms with Crippen molar-refractivity contribution in [1.82, 2.24) is 4.98 Å². The molecule has 4 heteroatoms. The molecule has 0 atom stereocenters. The quantitative estimate of drug-likeness (QED) is 0.536. The minimum atomic E-state index is 0.621. The fraction of sp³-hybridized carbons (Fsp3) is 0.429. The number of thiazole rings is 1. The van der Waals surface area contributed by atoms with Crippen LogP contribution in [0.25, 0.3) is 0 Å². The normalized spacial score (nSPS) is 12.0. The molecule has 0 saturated carbocycles. The molecule has 0 spiro atoms. The van der Waals surface area contributed by atoms with Crippen LogP contribution >= 0.6 is 11.3 Å². The number of hydrogen-bond donors (Lipinski definition) is 1. The average Bonchev–Trinajstić information content (AvgIpc) is 2.31. The van der Waals surface area contributed by atoms with Crippen LogP contribution in [0.15, 0.2) is 11.2 Å². The van der Waals surface area contributed by atoms with Crippen LogP contribution in [0.3, 0.4) is 0 Å². The highest BCUT2D eigenvalue weighted by molar-refractivity contribution is 7.11. The van der Waals surface area contributed by atoms with Gasteiger partial charge in [0.2, 0.25) is 0 Å². The average molecular weight is 169 g/mol. The molecule has 0 aromatic carbocycles. The molecular weight excluding hydrogens is 158 g/mol. The highest BCUT2D eigenvalue weighted by atomic mass is 32.1. The second kappa shape index (κ2) is 3.48. The summed E-state index contributed by atoms with van der Waals surface area (Å²) in [4.78, 5) is 9.34. The van der Waals surface area contributed by atoms with E-state index in [0.717, 1.165) is 9.88 Å². The zero-order valence-electron chi connectivity index (χ0n) is 6.66. The number of aryl methyl sites for hydroxylation is 1. The van der Waals surface area contributed by atoms with Gasteiger partial charge in [0.25, 0.3) is 0 Å². The number of aromatic nitrogens is 1. The molecule has 0 aliphatic rings. The van der Waals surface area contributed by atoms with E-state index < -0.39 is 0 Å². The molecule has 0 saturated heterocycles. The van der Waals surface area contributed by atoms with Gasteiger partial charge in [0.05, 0.1) is 17.4 Å². The van der Waals surface area contributed by atoms with Gasteiger partial charge in [0.15, 0.2) is 0 Å². The van der Waals surface area contributed by atoms with E-state index in [1.807, 2.05) is 13.1 Å². The predicted molar refractivity (Wildman–Crippen MR) is 47.9 cm³/mol. The van der Waals surface area contributed by atoms with Gasteiger partial charge >= 0.3 is 0 Å². The fourth-order valence-corrected chi connectivity index (χ4v) is 1.40. The van der Waals surface area contributed by atoms with Crippen molar-refractivity contribution in [3.05, 3.63) is 16.1 Å². The highest BCUT2D eigenvalue weighted by Gasteiger charge is 1.94. The lowest BCUT2D eigenvalue weighted by atomic mass is 10.5. The Balaban J connectivity index is 2.58. The molecule has 1 rings (SSSR count). The number of hydrogen-bond acceptors (Lipinski definition) is 3. The third-order valence-electron chi connectivity index (χ3n) is 1.15. The van der Waals surface area contributed by atoms with E-state index in [2.05, 4.69) is 9.98 Å². The molecule has 60 valence electrons. The molecule has 2 N–H and O–H groups in total. The van der Waals surface area contributed by atoms with Gasteiger partial charge in [-0.15, -0.1) is 11.3 Å². The summed E-state index contributed by atoms with van der Waals surface area (Å²) in [6.07, 6.45) is 1.84. The Morgan fingerprint density at radius 2 is 2.55 bits per heavy atom. The van der Waals surface area contributed by atoms with Crippen LogP contribution in [-0.4, -0.2) is 10.8 Å². The Kier molecular flexibility index (Phi) is 2.59. The first-order valence-electron chi connectivity index (χ1n) is 3.36. The first-order valence-corrected chi connectivity index (χ1v) is 4.18. The van der Waals surface area contributed by atoms with Crippen LogP contribution in [0.5, 0.6) is 0 Å². The molecule has 0 unspecified atom stereocenters. The molecular formula is C7H11N3S. The Labute approximate surface area is 70.0 Å². The molecule has 3 nitrogen and oxygen atoms in total. The van der Waals surface area contributed by atoms with Gasteiger partial charge in [-0.1, -0.05) is 0 Å². The zero-order valence-corrected chi connectivity index (χ0v) is 7.48. The maximum Gasteiger partial charge on any atom is 0.0910 e. The maximum atomic E-state index is 5.38. The van der Waals surface area contributed by atoms with Crippen molar-refractivity contribution in [3.63, 3.8) is 0 Å². The minimum absolute atomic E-state index is 0.621. The van der Waals surface area contributed by atoms with Crippen molar-refractivity contribution in [3.8, 4) is 0 Å². The van der Waals surface area contributed by atoms with Crippen LogP contribution in [0.1, 0.15) is 16.8 Å². The summed E-state index contributed by atoms with van der Waals surface area (Å²) in [6, 6.07) is 0. The van der Waals surface area contributed by atoms with Crippen molar-refractivity contribution in [2.45, 2.75) is 20.4 Å². The van der Waals surface area contributed by atoms with Crippen LogP contribution in [0.2, 0.25) is 0 Å². The highest BCUT2D eigenvalue weighted by Crippen LogP contribution is 2.11. The molecule has 0 amide bonds. The number of nitrogens with zero attached hydrogens (tertiary/aromatic N) is 2. The Morgan fingerprint density at radius 3 is 3.00 bits per heavy atom. The lowest BCUT2D eigenvalue weighted by Crippen LogP contribution is -2.04. The first kappa shape index (κ1) is 8.20. The molecule has 0 aliphatic carbocycles. The number of amidine groups is 1. The molecule has 0 aliphatic heterocycles. The largest absolute Gasteiger partial charge is 0.388 e. The van der Waals surface area contributed by atoms with Crippen molar-refractivity contribution >= 4 is 17.2 Å². The van der Waals surface area contributed by atoms with E-state index >= 15 is 0 Å². The first-order chi connectivity index (χ1) is 5.18. The SMILES string of the molecule is CC(N)=NCc1cnc(C)s1. The summed E-state index contributed by atoms with van der Waals surface area (Å²) >= 11 is 1.66. The number of rotatable bonds is 2. The molecule has 1 aromatic rings. The lowest BCUT2D eigenvalue weighted by Gasteiger charge is -1.88. The van der Waals surface area contributed by atoms with Gasteiger partial charge in [-0.05, 0) is 13.8 Å². The zero-order chi connectivity index (χ0) is 8.27. The van der Waals surface area contributed by atoms with E-state index in [-0.39, 0.29) is 0 Å². The monoisotopic (exact) mass is 169 g/mol. The van der Waals surface area contributed by atoms with Crippen molar-refractivity contribution in [1.29, 1.82) is 0 Å². The summed E-state index contributed by atoms with van der Waals surface area (Å²) in [6.45, 7) is 4.43. The van der Waals surface area contributed by atoms with Gasteiger partial charge in [0.1, 0.15) is 0 Å². The number of nitrogens with two attached hydrogens (primary N) is 1. The predicted octanol–water partition coefficient (Wildman–Crippen LogP) is 1.33. The Bertz CT molecular complexity index is 260. The van der Waals surface area contributed by atoms with Crippen molar-refractivity contribution in [2.75, 3.05) is 0 Å². The summed E-state index contributed by atoms with van der Waals surface area (Å²) in [7, 11) is 0. The van der Waals surface area contributed by atoms with Crippen LogP contribution in [-0.2, 0) is 6.54 Å². The van der Waals surface area contributed by atoms with E-state index in [1.165, 1.54) is 0 Å². The lowest BCUT2D eigenvalue weighted by molar-refractivity contribution is 1.08. The third kappa shape index (κ3) is 2.67. The Hall–Kier alpha value is -0.900. The molecule has 0 radical (unpaired) electrons. The van der Waals surface area contributed by atoms with Gasteiger partial charge in [-0.3, -0.25) is 4.99 Å². The van der Waals surface area contributed by atoms with E-state index in [0.29, 0.717) is 12.4 Å². The summed E-state index contributed by atoms with van der Waals surface area (Å²) in [5.41, 5.74) is 5.38. The molecule has 1 heterocycles. The minimum Gasteiger partial charge on any atom is -0.388 e. The summed E-state index contributed by atoms with van der Waals surface area (Å²) < 4.78 is 0. The topological polar surface area (TPSA) is 51.3 Å². The molecule has 0 bridgehead atoms. The van der Waals surface area contributed by atoms with E-state index in [9.17, 15) is 0 Å². The van der Waals surface area contributed by atoms with Crippen LogP contribution in [0.4, 0.5) is 0 Å². The summed E-state index contributed by atoms with van der Waals surface area (Å²) in [5, 5.41) is 1.07. The van der Waals surface area contributed by atoms with Gasteiger partial charge in [-0.25, -0.2) is 4.98 Å². The van der Waals surface area contributed by atoms with Crippen molar-refractivity contribution < 1.29 is 0 Å². The second-order valence-electron chi connectivity index (χ2n) is 2.30. The summed E-state index contributed by atoms with van der Waals surface area (Å²) in [5.74, 6) is 0.621. The fourth-order valence-electron chi connectivity index (χ4n) is 0.681. The number of aliphatic imine (C=N–C) groups is 1. The van der Waals surface area contributed by atoms with Crippen LogP contribution < -0.4 is 5.73 Å². The Morgan fingerprint density at radius 1 is 1.82 bits per heavy atom. The van der Waals surface area contributed by atoms with Crippen LogP contribution in [0, 0.1) is 6.92 Å². The smallest absolute Gasteiger partial charge is 0.0910 e. The van der Waals surface area contributed by atoms with E-state index in [4.69, 9.17) is 5.73 Å². The molecule has 0 fully saturated rings. The van der Waals surface area contributed by atoms with Crippen molar-refractivity contribution in [2.24, 2.45) is 10.7 Å². The maximum absolute atomic E-state index is 5.38. The standard InChI is InChI=1S/C7H11N3S/c1-5(8)9-3-7-4-10-6(2)11-7/h4H,3H2,1-2H3,(H2,8,9). The van der Waals surface area contributed by atoms with Gasteiger partial charge in [0, 0.05) is 11.1 Å². The molecule has 1 aromatic heterocycles. The third-order valence-corrected chi connectivity index (χ3v) is 2.05. The van der Waals surface area contributed by atoms with Gasteiger partial charge in [-0.2, -0.15) is 0 Å². The molecule has 11 heavy (non-hydrogen) atoms. The second-order valence-corrected chi connectivity index (χ2v) is 3.62. The van der Waals surface area contributed by atoms with E-state index in [1.54, 1.807) is 18.3 Å². The van der Waals surface area contributed by atoms with Gasteiger partial charge < -0.3 is 5.73 Å².